The van der Waals surface area contributed by atoms with E-state index in [1.807, 2.05) is 43.3 Å². The van der Waals surface area contributed by atoms with Gasteiger partial charge >= 0.3 is 0 Å². The quantitative estimate of drug-likeness (QED) is 0.423. The molecule has 9 heteroatoms. The number of hydrogen-bond acceptors (Lipinski definition) is 4. The number of carbonyl (C=O) groups excluding carboxylic acids is 1. The van der Waals surface area contributed by atoms with Gasteiger partial charge in [0.25, 0.3) is 5.91 Å². The van der Waals surface area contributed by atoms with E-state index in [1.165, 1.54) is 4.68 Å². The van der Waals surface area contributed by atoms with Gasteiger partial charge in [-0.1, -0.05) is 53.5 Å². The van der Waals surface area contributed by atoms with Crippen LogP contribution in [0.25, 0.3) is 0 Å². The standard InChI is InChI=1S/C22H19Cl2N5O2/c1-15-11-17(23)7-8-20(15)31-14-28-10-9-19(26-28)22(30)25-21-18(24)13-29(27-21)12-16-5-3-2-4-6-16/h2-11,13H,12,14H2,1H3,(H,25,27,30). The van der Waals surface area contributed by atoms with Crippen LogP contribution in [0.1, 0.15) is 21.6 Å². The van der Waals surface area contributed by atoms with E-state index in [0.717, 1.165) is 11.1 Å². The van der Waals surface area contributed by atoms with Crippen molar-refractivity contribution in [1.82, 2.24) is 19.6 Å². The largest absolute Gasteiger partial charge is 0.471 e. The Morgan fingerprint density at radius 2 is 1.87 bits per heavy atom. The third-order valence-corrected chi connectivity index (χ3v) is 5.01. The molecular formula is C22H19Cl2N5O2. The summed E-state index contributed by atoms with van der Waals surface area (Å²) in [5.41, 5.74) is 2.22. The second-order valence-corrected chi connectivity index (χ2v) is 7.73. The number of benzene rings is 2. The van der Waals surface area contributed by atoms with E-state index >= 15 is 0 Å². The highest BCUT2D eigenvalue weighted by Crippen LogP contribution is 2.22. The van der Waals surface area contributed by atoms with Crippen LogP contribution in [-0.4, -0.2) is 25.5 Å². The van der Waals surface area contributed by atoms with Crippen LogP contribution < -0.4 is 10.1 Å². The average molecular weight is 456 g/mol. The summed E-state index contributed by atoms with van der Waals surface area (Å²) in [6, 6.07) is 16.8. The number of ether oxygens (including phenoxy) is 1. The Kier molecular flexibility index (Phi) is 6.25. The van der Waals surface area contributed by atoms with E-state index in [1.54, 1.807) is 35.3 Å². The molecule has 0 atom stereocenters. The molecule has 0 aliphatic rings. The maximum Gasteiger partial charge on any atom is 0.277 e. The lowest BCUT2D eigenvalue weighted by Crippen LogP contribution is -2.15. The molecule has 31 heavy (non-hydrogen) atoms. The molecule has 0 radical (unpaired) electrons. The number of aromatic nitrogens is 4. The fraction of sp³-hybridized carbons (Fsp3) is 0.136. The first-order valence-electron chi connectivity index (χ1n) is 9.48. The number of nitrogens with zero attached hydrogens (tertiary/aromatic N) is 4. The Bertz CT molecular complexity index is 1200. The van der Waals surface area contributed by atoms with Crippen LogP contribution in [0.3, 0.4) is 0 Å². The van der Waals surface area contributed by atoms with Gasteiger partial charge in [-0.2, -0.15) is 10.2 Å². The Morgan fingerprint density at radius 3 is 2.65 bits per heavy atom. The van der Waals surface area contributed by atoms with Crippen LogP contribution in [0.2, 0.25) is 10.0 Å². The fourth-order valence-corrected chi connectivity index (χ4v) is 3.39. The van der Waals surface area contributed by atoms with Crippen LogP contribution in [0.5, 0.6) is 5.75 Å². The normalized spacial score (nSPS) is 10.8. The summed E-state index contributed by atoms with van der Waals surface area (Å²) in [5.74, 6) is 0.570. The fourth-order valence-electron chi connectivity index (χ4n) is 2.97. The van der Waals surface area contributed by atoms with Gasteiger partial charge in [0.05, 0.1) is 6.54 Å². The summed E-state index contributed by atoms with van der Waals surface area (Å²) in [6.45, 7) is 2.61. The molecule has 158 valence electrons. The minimum Gasteiger partial charge on any atom is -0.471 e. The van der Waals surface area contributed by atoms with Crippen molar-refractivity contribution in [3.05, 3.63) is 93.9 Å². The monoisotopic (exact) mass is 455 g/mol. The van der Waals surface area contributed by atoms with Crippen molar-refractivity contribution in [2.75, 3.05) is 5.32 Å². The van der Waals surface area contributed by atoms with Crippen molar-refractivity contribution in [3.8, 4) is 5.75 Å². The lowest BCUT2D eigenvalue weighted by molar-refractivity contribution is 0.101. The molecule has 7 nitrogen and oxygen atoms in total. The third kappa shape index (κ3) is 5.25. The topological polar surface area (TPSA) is 74.0 Å². The third-order valence-electron chi connectivity index (χ3n) is 4.50. The highest BCUT2D eigenvalue weighted by molar-refractivity contribution is 6.33. The maximum absolute atomic E-state index is 12.6. The summed E-state index contributed by atoms with van der Waals surface area (Å²) in [4.78, 5) is 12.6. The number of anilines is 1. The number of rotatable bonds is 7. The van der Waals surface area contributed by atoms with Crippen molar-refractivity contribution in [2.24, 2.45) is 0 Å². The second-order valence-electron chi connectivity index (χ2n) is 6.89. The lowest BCUT2D eigenvalue weighted by Gasteiger charge is -2.09. The number of halogens is 2. The van der Waals surface area contributed by atoms with Crippen molar-refractivity contribution in [2.45, 2.75) is 20.2 Å². The summed E-state index contributed by atoms with van der Waals surface area (Å²) < 4.78 is 8.94. The molecule has 0 aliphatic carbocycles. The molecule has 0 bridgehead atoms. The van der Waals surface area contributed by atoms with Crippen molar-refractivity contribution in [3.63, 3.8) is 0 Å². The summed E-state index contributed by atoms with van der Waals surface area (Å²) in [5, 5.41) is 12.3. The van der Waals surface area contributed by atoms with E-state index in [0.29, 0.717) is 22.3 Å². The van der Waals surface area contributed by atoms with Gasteiger partial charge < -0.3 is 10.1 Å². The Labute approximate surface area is 189 Å². The molecule has 0 saturated heterocycles. The predicted octanol–water partition coefficient (Wildman–Crippen LogP) is 5.03. The van der Waals surface area contributed by atoms with E-state index in [9.17, 15) is 4.79 Å². The van der Waals surface area contributed by atoms with Crippen LogP contribution >= 0.6 is 23.2 Å². The van der Waals surface area contributed by atoms with E-state index in [-0.39, 0.29) is 18.2 Å². The smallest absolute Gasteiger partial charge is 0.277 e. The van der Waals surface area contributed by atoms with Gasteiger partial charge in [-0.05, 0) is 42.3 Å². The molecule has 4 aromatic rings. The highest BCUT2D eigenvalue weighted by Gasteiger charge is 2.15. The first-order valence-corrected chi connectivity index (χ1v) is 10.2. The first kappa shape index (κ1) is 21.0. The van der Waals surface area contributed by atoms with Crippen LogP contribution in [0.15, 0.2) is 67.0 Å². The first-order chi connectivity index (χ1) is 15.0. The van der Waals surface area contributed by atoms with Gasteiger partial charge in [0, 0.05) is 17.4 Å². The Morgan fingerprint density at radius 1 is 1.06 bits per heavy atom. The zero-order chi connectivity index (χ0) is 21.8. The van der Waals surface area contributed by atoms with Crippen molar-refractivity contribution >= 4 is 34.9 Å². The minimum absolute atomic E-state index is 0.155. The molecule has 0 fully saturated rings. The summed E-state index contributed by atoms with van der Waals surface area (Å²) in [6.07, 6.45) is 3.33. The molecule has 0 unspecified atom stereocenters. The molecule has 2 heterocycles. The number of hydrogen-bond donors (Lipinski definition) is 1. The van der Waals surface area contributed by atoms with Gasteiger partial charge in [-0.3, -0.25) is 9.48 Å². The Hall–Kier alpha value is -3.29. The second kappa shape index (κ2) is 9.24. The van der Waals surface area contributed by atoms with Gasteiger partial charge in [0.2, 0.25) is 0 Å². The molecule has 2 aromatic carbocycles. The zero-order valence-corrected chi connectivity index (χ0v) is 18.1. The van der Waals surface area contributed by atoms with Gasteiger partial charge in [-0.25, -0.2) is 4.68 Å². The SMILES string of the molecule is Cc1cc(Cl)ccc1OCn1ccc(C(=O)Nc2nn(Cc3ccccc3)cc2Cl)n1. The average Bonchev–Trinajstić information content (AvgIpc) is 3.35. The van der Waals surface area contributed by atoms with Crippen molar-refractivity contribution in [1.29, 1.82) is 0 Å². The summed E-state index contributed by atoms with van der Waals surface area (Å²) >= 11 is 12.2. The molecule has 0 spiro atoms. The molecule has 1 N–H and O–H groups in total. The van der Waals surface area contributed by atoms with E-state index < -0.39 is 5.91 Å². The van der Waals surface area contributed by atoms with Gasteiger partial charge in [0.15, 0.2) is 18.2 Å². The Balaban J connectivity index is 1.38. The molecule has 1 amide bonds. The lowest BCUT2D eigenvalue weighted by atomic mass is 10.2. The maximum atomic E-state index is 12.6. The predicted molar refractivity (Wildman–Crippen MR) is 120 cm³/mol. The number of nitrogens with one attached hydrogen (secondary N) is 1. The number of aryl methyl sites for hydroxylation is 1. The van der Waals surface area contributed by atoms with Gasteiger partial charge in [-0.15, -0.1) is 0 Å². The minimum atomic E-state index is -0.409. The van der Waals surface area contributed by atoms with Crippen LogP contribution in [0, 0.1) is 6.92 Å². The molecule has 0 saturated carbocycles. The zero-order valence-electron chi connectivity index (χ0n) is 16.6. The van der Waals surface area contributed by atoms with Gasteiger partial charge in [0.1, 0.15) is 10.8 Å². The van der Waals surface area contributed by atoms with E-state index in [4.69, 9.17) is 27.9 Å². The highest BCUT2D eigenvalue weighted by atomic mass is 35.5. The van der Waals surface area contributed by atoms with Crippen molar-refractivity contribution < 1.29 is 9.53 Å². The molecular weight excluding hydrogens is 437 g/mol. The molecule has 0 aliphatic heterocycles. The van der Waals surface area contributed by atoms with Crippen LogP contribution in [-0.2, 0) is 13.3 Å². The number of carbonyl (C=O) groups is 1. The molecule has 2 aromatic heterocycles. The number of amides is 1. The van der Waals surface area contributed by atoms with Crippen LogP contribution in [0.4, 0.5) is 5.82 Å². The molecule has 4 rings (SSSR count). The summed E-state index contributed by atoms with van der Waals surface area (Å²) in [7, 11) is 0. The van der Waals surface area contributed by atoms with E-state index in [2.05, 4.69) is 15.5 Å².